The van der Waals surface area contributed by atoms with E-state index < -0.39 is 0 Å². The lowest BCUT2D eigenvalue weighted by atomic mass is 10.0. The van der Waals surface area contributed by atoms with Crippen molar-refractivity contribution in [2.75, 3.05) is 11.5 Å². The average molecular weight is 516 g/mol. The minimum Gasteiger partial charge on any atom is -0.504 e. The van der Waals surface area contributed by atoms with Gasteiger partial charge in [0, 0.05) is 5.30 Å². The summed E-state index contributed by atoms with van der Waals surface area (Å²) in [5.74, 6) is 0.901. The zero-order valence-corrected chi connectivity index (χ0v) is 15.5. The van der Waals surface area contributed by atoms with Gasteiger partial charge in [0.05, 0.1) is 11.4 Å². The van der Waals surface area contributed by atoms with Crippen molar-refractivity contribution in [3.63, 3.8) is 0 Å². The number of benzene rings is 2. The zero-order valence-electron chi connectivity index (χ0n) is 10.1. The third-order valence-electron chi connectivity index (χ3n) is 2.73. The molecule has 0 saturated heterocycles. The maximum absolute atomic E-state index is 9.94. The Labute approximate surface area is 146 Å². The van der Waals surface area contributed by atoms with E-state index in [2.05, 4.69) is 9.24 Å². The first-order chi connectivity index (χ1) is 9.47. The molecule has 5 nitrogen and oxygen atoms in total. The summed E-state index contributed by atoms with van der Waals surface area (Å²) >= 11 is 3.45. The van der Waals surface area contributed by atoms with Gasteiger partial charge >= 0.3 is 0 Å². The molecule has 0 aliphatic heterocycles. The number of phenols is 1. The van der Waals surface area contributed by atoms with Crippen molar-refractivity contribution in [2.45, 2.75) is 0 Å². The number of nitrogens with two attached hydrogens (primary N) is 2. The second kappa shape index (κ2) is 6.40. The normalized spacial score (nSPS) is 10.3. The Hall–Kier alpha value is -0.670. The van der Waals surface area contributed by atoms with Crippen LogP contribution in [0.25, 0.3) is 11.1 Å². The molecular formula is C12H11I2N2O3P. The molecular weight excluding hydrogens is 505 g/mol. The van der Waals surface area contributed by atoms with Gasteiger partial charge in [-0.3, -0.25) is 0 Å². The Morgan fingerprint density at radius 1 is 0.900 bits per heavy atom. The van der Waals surface area contributed by atoms with Crippen LogP contribution in [0.4, 0.5) is 11.4 Å². The van der Waals surface area contributed by atoms with E-state index in [-0.39, 0.29) is 5.75 Å². The van der Waals surface area contributed by atoms with E-state index in [1.165, 1.54) is 0 Å². The van der Waals surface area contributed by atoms with Gasteiger partial charge in [0.15, 0.2) is 63.3 Å². The molecule has 8 heteroatoms. The van der Waals surface area contributed by atoms with Crippen LogP contribution in [-0.4, -0.2) is 5.11 Å². The number of halogens is 2. The van der Waals surface area contributed by atoms with E-state index in [4.69, 9.17) is 17.6 Å². The summed E-state index contributed by atoms with van der Waals surface area (Å²) in [7, 11) is 2.52. The van der Waals surface area contributed by atoms with Gasteiger partial charge in [0.2, 0.25) is 0 Å². The fourth-order valence-corrected chi connectivity index (χ4v) is 3.43. The molecule has 0 amide bonds. The summed E-state index contributed by atoms with van der Waals surface area (Å²) in [5.41, 5.74) is 14.2. The van der Waals surface area contributed by atoms with Gasteiger partial charge in [-0.1, -0.05) is 0 Å². The highest BCUT2D eigenvalue weighted by Crippen LogP contribution is 2.38. The molecule has 2 aromatic carbocycles. The smallest absolute Gasteiger partial charge is 0.192 e. The lowest BCUT2D eigenvalue weighted by Gasteiger charge is -2.12. The summed E-state index contributed by atoms with van der Waals surface area (Å²) in [6, 6.07) is 6.94. The quantitative estimate of drug-likeness (QED) is 0.332. The molecule has 0 spiro atoms. The summed E-state index contributed by atoms with van der Waals surface area (Å²) in [5, 5.41) is 10.7. The number of rotatable bonds is 3. The van der Waals surface area contributed by atoms with Gasteiger partial charge in [0.1, 0.15) is 0 Å². The average Bonchev–Trinajstić information content (AvgIpc) is 2.37. The Kier molecular flexibility index (Phi) is 5.03. The van der Waals surface area contributed by atoms with Crippen LogP contribution in [0, 0.1) is 0 Å². The molecule has 0 saturated carbocycles. The Balaban J connectivity index is 2.58. The Morgan fingerprint density at radius 3 is 1.85 bits per heavy atom. The molecule has 0 aliphatic rings. The topological polar surface area (TPSA) is 90.7 Å². The van der Waals surface area contributed by atoms with Gasteiger partial charge in [-0.15, -0.1) is 9.24 Å². The third-order valence-corrected chi connectivity index (χ3v) is 4.04. The predicted octanol–water partition coefficient (Wildman–Crippen LogP) is 3.18. The van der Waals surface area contributed by atoms with Crippen molar-refractivity contribution in [1.82, 2.24) is 0 Å². The molecule has 0 fully saturated rings. The highest BCUT2D eigenvalue weighted by molar-refractivity contribution is 14.1. The standard InChI is InChI=1S/C12H11I2N2O3P/c13-18-11-7(15)1-5(2-8(11)16)6-3-9(17)12(19-14)10(20)4-6/h1-4,17H,15-16,20H2. The van der Waals surface area contributed by atoms with Crippen LogP contribution in [0.15, 0.2) is 24.3 Å². The predicted molar refractivity (Wildman–Crippen MR) is 101 cm³/mol. The van der Waals surface area contributed by atoms with E-state index in [9.17, 15) is 5.11 Å². The number of hydrogen-bond acceptors (Lipinski definition) is 5. The lowest BCUT2D eigenvalue weighted by Crippen LogP contribution is -1.99. The van der Waals surface area contributed by atoms with Crippen molar-refractivity contribution in [3.8, 4) is 28.4 Å². The van der Waals surface area contributed by atoms with Crippen molar-refractivity contribution in [1.29, 1.82) is 0 Å². The van der Waals surface area contributed by atoms with Gasteiger partial charge in [-0.25, -0.2) is 0 Å². The number of hydrogen-bond donors (Lipinski definition) is 3. The van der Waals surface area contributed by atoms with Gasteiger partial charge in [-0.05, 0) is 35.4 Å². The third kappa shape index (κ3) is 2.99. The summed E-state index contributed by atoms with van der Waals surface area (Å²) in [6.45, 7) is 0. The first-order valence-corrected chi connectivity index (χ1v) is 7.70. The first-order valence-electron chi connectivity index (χ1n) is 5.37. The molecule has 5 N–H and O–H groups in total. The van der Waals surface area contributed by atoms with Crippen LogP contribution >= 0.6 is 55.3 Å². The van der Waals surface area contributed by atoms with Gasteiger partial charge in [0.25, 0.3) is 0 Å². The number of anilines is 2. The highest BCUT2D eigenvalue weighted by atomic mass is 127. The van der Waals surface area contributed by atoms with E-state index in [0.29, 0.717) is 22.9 Å². The summed E-state index contributed by atoms with van der Waals surface area (Å²) in [4.78, 5) is 0. The minimum atomic E-state index is 0.0493. The number of nitrogen functional groups attached to an aromatic ring is 2. The van der Waals surface area contributed by atoms with Crippen LogP contribution in [0.1, 0.15) is 0 Å². The highest BCUT2D eigenvalue weighted by Gasteiger charge is 2.13. The van der Waals surface area contributed by atoms with Crippen LogP contribution in [0.5, 0.6) is 17.2 Å². The van der Waals surface area contributed by atoms with E-state index in [0.717, 1.165) is 16.4 Å². The first kappa shape index (κ1) is 15.7. The molecule has 0 aliphatic carbocycles. The molecule has 2 aromatic rings. The summed E-state index contributed by atoms with van der Waals surface area (Å²) < 4.78 is 10.2. The van der Waals surface area contributed by atoms with Crippen LogP contribution in [0.3, 0.4) is 0 Å². The Morgan fingerprint density at radius 2 is 1.40 bits per heavy atom. The fraction of sp³-hybridized carbons (Fsp3) is 0. The molecule has 20 heavy (non-hydrogen) atoms. The fourth-order valence-electron chi connectivity index (χ4n) is 1.82. The Bertz CT molecular complexity index is 564. The SMILES string of the molecule is Nc1cc(-c2cc(O)c(OI)c(P)c2)cc(N)c1OI. The van der Waals surface area contributed by atoms with Crippen LogP contribution in [0.2, 0.25) is 0 Å². The molecule has 1 unspecified atom stereocenters. The maximum Gasteiger partial charge on any atom is 0.192 e. The zero-order chi connectivity index (χ0) is 14.9. The molecule has 0 bridgehead atoms. The molecule has 106 valence electrons. The van der Waals surface area contributed by atoms with Crippen LogP contribution in [-0.2, 0) is 0 Å². The second-order valence-electron chi connectivity index (χ2n) is 4.05. The van der Waals surface area contributed by atoms with E-state index in [1.54, 1.807) is 64.2 Å². The van der Waals surface area contributed by atoms with Crippen molar-refractivity contribution in [2.24, 2.45) is 0 Å². The minimum absolute atomic E-state index is 0.0493. The molecule has 0 heterocycles. The van der Waals surface area contributed by atoms with Gasteiger partial charge in [-0.2, -0.15) is 0 Å². The van der Waals surface area contributed by atoms with Crippen molar-refractivity contribution < 1.29 is 11.2 Å². The monoisotopic (exact) mass is 516 g/mol. The molecule has 1 atom stereocenters. The largest absolute Gasteiger partial charge is 0.504 e. The molecule has 0 radical (unpaired) electrons. The van der Waals surface area contributed by atoms with Crippen molar-refractivity contribution in [3.05, 3.63) is 24.3 Å². The van der Waals surface area contributed by atoms with E-state index >= 15 is 0 Å². The second-order valence-corrected chi connectivity index (χ2v) is 5.55. The molecule has 2 rings (SSSR count). The maximum atomic E-state index is 9.94. The number of aromatic hydroxyl groups is 1. The van der Waals surface area contributed by atoms with E-state index in [1.807, 2.05) is 6.07 Å². The van der Waals surface area contributed by atoms with Crippen LogP contribution < -0.4 is 22.9 Å². The molecule has 0 aromatic heterocycles. The number of phenolic OH excluding ortho intramolecular Hbond substituents is 1. The lowest BCUT2D eigenvalue weighted by molar-refractivity contribution is 0.458. The van der Waals surface area contributed by atoms with Crippen molar-refractivity contribution >= 4 is 71.9 Å². The summed E-state index contributed by atoms with van der Waals surface area (Å²) in [6.07, 6.45) is 0. The van der Waals surface area contributed by atoms with Gasteiger partial charge < -0.3 is 22.7 Å².